The Hall–Kier alpha value is -1.22. The third-order valence-corrected chi connectivity index (χ3v) is 1.33. The Morgan fingerprint density at radius 3 is 2.45 bits per heavy atom. The van der Waals surface area contributed by atoms with Gasteiger partial charge < -0.3 is 15.3 Å². The number of hydrogen-bond donors (Lipinski definition) is 3. The summed E-state index contributed by atoms with van der Waals surface area (Å²) >= 11 is 0. The predicted octanol–water partition coefficient (Wildman–Crippen LogP) is 0.642. The van der Waals surface area contributed by atoms with E-state index in [0.717, 1.165) is 0 Å². The van der Waals surface area contributed by atoms with Crippen molar-refractivity contribution in [2.24, 2.45) is 0 Å². The van der Waals surface area contributed by atoms with E-state index < -0.39 is 0 Å². The van der Waals surface area contributed by atoms with E-state index in [0.29, 0.717) is 5.56 Å². The molecule has 1 aromatic carbocycles. The van der Waals surface area contributed by atoms with Gasteiger partial charge in [0.2, 0.25) is 0 Å². The van der Waals surface area contributed by atoms with E-state index >= 15 is 0 Å². The maximum absolute atomic E-state index is 8.98. The fourth-order valence-corrected chi connectivity index (χ4v) is 0.773. The maximum atomic E-state index is 8.98. The fourth-order valence-electron chi connectivity index (χ4n) is 0.773. The van der Waals surface area contributed by atoms with Crippen LogP contribution in [0.4, 0.5) is 0 Å². The molecule has 0 aliphatic rings. The van der Waals surface area contributed by atoms with E-state index in [2.05, 4.69) is 0 Å². The van der Waals surface area contributed by atoms with Gasteiger partial charge in [0.15, 0.2) is 11.5 Å². The van der Waals surface area contributed by atoms with Gasteiger partial charge in [0.25, 0.3) is 0 Å². The summed E-state index contributed by atoms with van der Waals surface area (Å²) in [7, 11) is 0. The van der Waals surface area contributed by atoms with E-state index in [1.54, 1.807) is 6.07 Å². The zero-order valence-electron chi connectivity index (χ0n) is 5.86. The highest BCUT2D eigenvalue weighted by atomic mass is 16.3. The van der Waals surface area contributed by atoms with Crippen molar-refractivity contribution in [2.45, 2.75) is 0 Å². The molecule has 0 aliphatic carbocycles. The smallest absolute Gasteiger partial charge is 0.157 e. The summed E-state index contributed by atoms with van der Waals surface area (Å²) in [6.07, 6.45) is 1.53. The van der Waals surface area contributed by atoms with Crippen LogP contribution in [0.15, 0.2) is 18.2 Å². The van der Waals surface area contributed by atoms with Gasteiger partial charge in [-0.05, 0) is 17.7 Å². The Labute approximate surface area is 64.5 Å². The maximum Gasteiger partial charge on any atom is 0.157 e. The van der Waals surface area contributed by atoms with Crippen LogP contribution in [0.3, 0.4) is 0 Å². The highest BCUT2D eigenvalue weighted by molar-refractivity contribution is 5.42. The summed E-state index contributed by atoms with van der Waals surface area (Å²) in [4.78, 5) is 0. The van der Waals surface area contributed by atoms with Crippen LogP contribution in [0.1, 0.15) is 5.56 Å². The van der Waals surface area contributed by atoms with Crippen LogP contribution >= 0.6 is 0 Å². The van der Waals surface area contributed by atoms with Gasteiger partial charge in [0, 0.05) is 6.42 Å². The van der Waals surface area contributed by atoms with Gasteiger partial charge in [-0.2, -0.15) is 0 Å². The van der Waals surface area contributed by atoms with E-state index in [-0.39, 0.29) is 18.1 Å². The molecule has 1 rings (SSSR count). The lowest BCUT2D eigenvalue weighted by Gasteiger charge is -1.99. The molecule has 0 saturated carbocycles. The quantitative estimate of drug-likeness (QED) is 0.546. The first kappa shape index (κ1) is 7.88. The number of hydrogen-bond acceptors (Lipinski definition) is 3. The third-order valence-electron chi connectivity index (χ3n) is 1.33. The molecule has 59 valence electrons. The second kappa shape index (κ2) is 3.25. The lowest BCUT2D eigenvalue weighted by atomic mass is 10.1. The number of aliphatic hydroxyl groups is 1. The van der Waals surface area contributed by atoms with Crippen LogP contribution < -0.4 is 0 Å². The van der Waals surface area contributed by atoms with Crippen LogP contribution in [0.5, 0.6) is 11.5 Å². The summed E-state index contributed by atoms with van der Waals surface area (Å²) in [6.45, 7) is -0.0792. The topological polar surface area (TPSA) is 60.7 Å². The Morgan fingerprint density at radius 2 is 1.91 bits per heavy atom. The Morgan fingerprint density at radius 1 is 1.18 bits per heavy atom. The molecule has 0 bridgehead atoms. The van der Waals surface area contributed by atoms with E-state index in [1.165, 1.54) is 18.6 Å². The lowest BCUT2D eigenvalue weighted by Crippen LogP contribution is -1.85. The summed E-state index contributed by atoms with van der Waals surface area (Å²) in [5, 5.41) is 26.3. The van der Waals surface area contributed by atoms with Crippen molar-refractivity contribution in [3.05, 3.63) is 30.2 Å². The normalized spacial score (nSPS) is 9.91. The SMILES string of the molecule is OC[CH]c1ccc(O)c(O)c1. The molecular weight excluding hydrogens is 144 g/mol. The van der Waals surface area contributed by atoms with Crippen molar-refractivity contribution >= 4 is 0 Å². The Balaban J connectivity index is 2.86. The van der Waals surface area contributed by atoms with E-state index in [4.69, 9.17) is 15.3 Å². The minimum atomic E-state index is -0.174. The number of aromatic hydroxyl groups is 2. The van der Waals surface area contributed by atoms with Crippen LogP contribution in [0.25, 0.3) is 0 Å². The molecule has 3 nitrogen and oxygen atoms in total. The van der Waals surface area contributed by atoms with E-state index in [1.807, 2.05) is 0 Å². The molecule has 0 aliphatic heterocycles. The molecule has 11 heavy (non-hydrogen) atoms. The first-order chi connectivity index (χ1) is 5.24. The summed E-state index contributed by atoms with van der Waals surface area (Å²) < 4.78 is 0. The lowest BCUT2D eigenvalue weighted by molar-refractivity contribution is 0.331. The average Bonchev–Trinajstić information content (AvgIpc) is 1.98. The van der Waals surface area contributed by atoms with Crippen molar-refractivity contribution in [3.8, 4) is 11.5 Å². The first-order valence-electron chi connectivity index (χ1n) is 3.20. The van der Waals surface area contributed by atoms with E-state index in [9.17, 15) is 0 Å². The van der Waals surface area contributed by atoms with Crippen LogP contribution in [-0.4, -0.2) is 21.9 Å². The molecule has 0 spiro atoms. The highest BCUT2D eigenvalue weighted by Gasteiger charge is 1.99. The van der Waals surface area contributed by atoms with Crippen molar-refractivity contribution in [2.75, 3.05) is 6.61 Å². The highest BCUT2D eigenvalue weighted by Crippen LogP contribution is 2.25. The van der Waals surface area contributed by atoms with Crippen molar-refractivity contribution in [1.29, 1.82) is 0 Å². The standard InChI is InChI=1S/C8H9O3/c9-4-3-6-1-2-7(10)8(11)5-6/h1-3,5,9-11H,4H2. The molecule has 0 aromatic heterocycles. The van der Waals surface area contributed by atoms with Gasteiger partial charge in [-0.1, -0.05) is 6.07 Å². The number of phenols is 2. The molecule has 0 heterocycles. The third kappa shape index (κ3) is 1.85. The molecule has 1 radical (unpaired) electrons. The van der Waals surface area contributed by atoms with Gasteiger partial charge >= 0.3 is 0 Å². The molecule has 3 heteroatoms. The first-order valence-corrected chi connectivity index (χ1v) is 3.20. The molecule has 1 aromatic rings. The Kier molecular flexibility index (Phi) is 2.33. The second-order valence-corrected chi connectivity index (χ2v) is 2.13. The number of rotatable bonds is 2. The van der Waals surface area contributed by atoms with Crippen LogP contribution in [0, 0.1) is 6.42 Å². The van der Waals surface area contributed by atoms with Gasteiger partial charge in [-0.3, -0.25) is 0 Å². The van der Waals surface area contributed by atoms with Gasteiger partial charge in [0.05, 0.1) is 6.61 Å². The molecule has 0 saturated heterocycles. The molecular formula is C8H9O3. The van der Waals surface area contributed by atoms with Crippen molar-refractivity contribution < 1.29 is 15.3 Å². The van der Waals surface area contributed by atoms with Crippen LogP contribution in [-0.2, 0) is 0 Å². The molecule has 3 N–H and O–H groups in total. The second-order valence-electron chi connectivity index (χ2n) is 2.13. The predicted molar refractivity (Wildman–Crippen MR) is 40.3 cm³/mol. The van der Waals surface area contributed by atoms with Gasteiger partial charge in [-0.25, -0.2) is 0 Å². The van der Waals surface area contributed by atoms with Crippen molar-refractivity contribution in [1.82, 2.24) is 0 Å². The number of benzene rings is 1. The minimum absolute atomic E-state index is 0.0792. The fraction of sp³-hybridized carbons (Fsp3) is 0.125. The minimum Gasteiger partial charge on any atom is -0.504 e. The van der Waals surface area contributed by atoms with Crippen LogP contribution in [0.2, 0.25) is 0 Å². The molecule has 0 unspecified atom stereocenters. The molecule has 0 atom stereocenters. The molecule has 0 amide bonds. The summed E-state index contributed by atoms with van der Waals surface area (Å²) in [5.41, 5.74) is 0.683. The van der Waals surface area contributed by atoms with Crippen molar-refractivity contribution in [3.63, 3.8) is 0 Å². The average molecular weight is 153 g/mol. The largest absolute Gasteiger partial charge is 0.504 e. The monoisotopic (exact) mass is 153 g/mol. The summed E-state index contributed by atoms with van der Waals surface area (Å²) in [5.74, 6) is -0.327. The molecule has 0 fully saturated rings. The zero-order valence-corrected chi connectivity index (χ0v) is 5.86. The number of aliphatic hydroxyl groups excluding tert-OH is 1. The van der Waals surface area contributed by atoms with Gasteiger partial charge in [-0.15, -0.1) is 0 Å². The van der Waals surface area contributed by atoms with Gasteiger partial charge in [0.1, 0.15) is 0 Å². The Bertz CT molecular complexity index is 245. The zero-order chi connectivity index (χ0) is 8.27. The number of phenolic OH excluding ortho intramolecular Hbond substituents is 2. The summed E-state index contributed by atoms with van der Waals surface area (Å²) in [6, 6.07) is 4.35.